The molecule has 18 heavy (non-hydrogen) atoms. The summed E-state index contributed by atoms with van der Waals surface area (Å²) in [6.45, 7) is 3.30. The van der Waals surface area contributed by atoms with E-state index in [9.17, 15) is 4.79 Å². The Kier molecular flexibility index (Phi) is 4.06. The standard InChI is InChI=1S/C13H15N3O2/c1-2-7-16-13(14-10-15-16)9-18-12-5-3-11(8-17)4-6-12/h3-6,8,10H,2,7,9H2,1H3. The lowest BCUT2D eigenvalue weighted by molar-refractivity contribution is 0.112. The highest BCUT2D eigenvalue weighted by molar-refractivity contribution is 5.74. The topological polar surface area (TPSA) is 57.0 Å². The monoisotopic (exact) mass is 245 g/mol. The number of carbonyl (C=O) groups excluding carboxylic acids is 1. The van der Waals surface area contributed by atoms with Gasteiger partial charge in [-0.3, -0.25) is 4.79 Å². The number of hydrogen-bond acceptors (Lipinski definition) is 4. The number of aryl methyl sites for hydroxylation is 1. The van der Waals surface area contributed by atoms with Crippen molar-refractivity contribution < 1.29 is 9.53 Å². The molecule has 1 aromatic carbocycles. The fourth-order valence-electron chi connectivity index (χ4n) is 1.59. The third-order valence-corrected chi connectivity index (χ3v) is 2.52. The van der Waals surface area contributed by atoms with E-state index < -0.39 is 0 Å². The van der Waals surface area contributed by atoms with Crippen LogP contribution in [0.3, 0.4) is 0 Å². The number of hydrogen-bond donors (Lipinski definition) is 0. The lowest BCUT2D eigenvalue weighted by Gasteiger charge is -2.07. The third kappa shape index (κ3) is 2.94. The van der Waals surface area contributed by atoms with Crippen LogP contribution in [0.4, 0.5) is 0 Å². The molecule has 0 aliphatic rings. The first kappa shape index (κ1) is 12.3. The minimum atomic E-state index is 0.375. The number of benzene rings is 1. The molecule has 2 aromatic rings. The van der Waals surface area contributed by atoms with Gasteiger partial charge < -0.3 is 4.74 Å². The first-order chi connectivity index (χ1) is 8.83. The molecule has 5 nitrogen and oxygen atoms in total. The third-order valence-electron chi connectivity index (χ3n) is 2.52. The molecule has 1 aromatic heterocycles. The van der Waals surface area contributed by atoms with Crippen LogP contribution in [0.2, 0.25) is 0 Å². The molecule has 2 rings (SSSR count). The quantitative estimate of drug-likeness (QED) is 0.731. The average molecular weight is 245 g/mol. The maximum absolute atomic E-state index is 10.5. The molecule has 0 amide bonds. The molecule has 0 unspecified atom stereocenters. The highest BCUT2D eigenvalue weighted by Crippen LogP contribution is 2.12. The molecule has 0 spiro atoms. The summed E-state index contributed by atoms with van der Waals surface area (Å²) in [5.41, 5.74) is 0.636. The second-order valence-corrected chi connectivity index (χ2v) is 3.87. The van der Waals surface area contributed by atoms with Gasteiger partial charge in [0.2, 0.25) is 0 Å². The van der Waals surface area contributed by atoms with Gasteiger partial charge in [0, 0.05) is 12.1 Å². The fourth-order valence-corrected chi connectivity index (χ4v) is 1.59. The van der Waals surface area contributed by atoms with Crippen molar-refractivity contribution in [3.63, 3.8) is 0 Å². The Labute approximate surface area is 105 Å². The fraction of sp³-hybridized carbons (Fsp3) is 0.308. The van der Waals surface area contributed by atoms with Crippen molar-refractivity contribution in [3.8, 4) is 5.75 Å². The molecule has 0 aliphatic carbocycles. The Hall–Kier alpha value is -2.17. The normalized spacial score (nSPS) is 10.3. The highest BCUT2D eigenvalue weighted by Gasteiger charge is 2.04. The van der Waals surface area contributed by atoms with E-state index in [0.29, 0.717) is 17.9 Å². The minimum Gasteiger partial charge on any atom is -0.486 e. The summed E-state index contributed by atoms with van der Waals surface area (Å²) in [5, 5.41) is 4.12. The highest BCUT2D eigenvalue weighted by atomic mass is 16.5. The van der Waals surface area contributed by atoms with Crippen molar-refractivity contribution >= 4 is 6.29 Å². The van der Waals surface area contributed by atoms with Gasteiger partial charge >= 0.3 is 0 Å². The van der Waals surface area contributed by atoms with E-state index in [-0.39, 0.29) is 0 Å². The van der Waals surface area contributed by atoms with Crippen LogP contribution < -0.4 is 4.74 Å². The number of nitrogens with zero attached hydrogens (tertiary/aromatic N) is 3. The van der Waals surface area contributed by atoms with Gasteiger partial charge in [0.1, 0.15) is 25.0 Å². The number of rotatable bonds is 6. The van der Waals surface area contributed by atoms with Crippen LogP contribution in [-0.4, -0.2) is 21.1 Å². The van der Waals surface area contributed by atoms with Gasteiger partial charge in [-0.25, -0.2) is 9.67 Å². The molecule has 0 N–H and O–H groups in total. The molecule has 0 saturated heterocycles. The van der Waals surface area contributed by atoms with E-state index in [1.54, 1.807) is 24.3 Å². The Bertz CT molecular complexity index is 505. The summed E-state index contributed by atoms with van der Waals surface area (Å²) < 4.78 is 7.43. The van der Waals surface area contributed by atoms with Crippen molar-refractivity contribution in [1.29, 1.82) is 0 Å². The van der Waals surface area contributed by atoms with Gasteiger partial charge in [-0.2, -0.15) is 5.10 Å². The van der Waals surface area contributed by atoms with E-state index in [2.05, 4.69) is 17.0 Å². The van der Waals surface area contributed by atoms with Crippen molar-refractivity contribution in [2.45, 2.75) is 26.5 Å². The summed E-state index contributed by atoms with van der Waals surface area (Å²) in [4.78, 5) is 14.7. The van der Waals surface area contributed by atoms with E-state index >= 15 is 0 Å². The van der Waals surface area contributed by atoms with Gasteiger partial charge in [0.15, 0.2) is 5.82 Å². The summed E-state index contributed by atoms with van der Waals surface area (Å²) in [6, 6.07) is 6.98. The van der Waals surface area contributed by atoms with Gasteiger partial charge in [-0.05, 0) is 30.7 Å². The molecule has 0 bridgehead atoms. The Morgan fingerprint density at radius 3 is 2.78 bits per heavy atom. The lowest BCUT2D eigenvalue weighted by atomic mass is 10.2. The van der Waals surface area contributed by atoms with Crippen LogP contribution in [0.5, 0.6) is 5.75 Å². The number of carbonyl (C=O) groups is 1. The molecule has 0 atom stereocenters. The van der Waals surface area contributed by atoms with Crippen molar-refractivity contribution in [2.24, 2.45) is 0 Å². The first-order valence-electron chi connectivity index (χ1n) is 5.88. The van der Waals surface area contributed by atoms with Crippen molar-refractivity contribution in [3.05, 3.63) is 42.0 Å². The second-order valence-electron chi connectivity index (χ2n) is 3.87. The average Bonchev–Trinajstić information content (AvgIpc) is 2.85. The Morgan fingerprint density at radius 1 is 1.33 bits per heavy atom. The van der Waals surface area contributed by atoms with Crippen LogP contribution >= 0.6 is 0 Å². The Morgan fingerprint density at radius 2 is 2.11 bits per heavy atom. The zero-order valence-corrected chi connectivity index (χ0v) is 10.2. The van der Waals surface area contributed by atoms with Gasteiger partial charge in [0.25, 0.3) is 0 Å². The van der Waals surface area contributed by atoms with Crippen LogP contribution in [0.25, 0.3) is 0 Å². The molecular weight excluding hydrogens is 230 g/mol. The summed E-state index contributed by atoms with van der Waals surface area (Å²) in [7, 11) is 0. The molecule has 0 fully saturated rings. The Balaban J connectivity index is 1.97. The summed E-state index contributed by atoms with van der Waals surface area (Å²) in [6.07, 6.45) is 3.34. The molecule has 0 radical (unpaired) electrons. The molecule has 1 heterocycles. The van der Waals surface area contributed by atoms with Crippen molar-refractivity contribution in [2.75, 3.05) is 0 Å². The largest absolute Gasteiger partial charge is 0.486 e. The maximum Gasteiger partial charge on any atom is 0.164 e. The van der Waals surface area contributed by atoms with Crippen LogP contribution in [0, 0.1) is 0 Å². The van der Waals surface area contributed by atoms with Crippen molar-refractivity contribution in [1.82, 2.24) is 14.8 Å². The smallest absolute Gasteiger partial charge is 0.164 e. The molecule has 0 aliphatic heterocycles. The second kappa shape index (κ2) is 5.95. The van der Waals surface area contributed by atoms with Crippen LogP contribution in [0.15, 0.2) is 30.6 Å². The summed E-state index contributed by atoms with van der Waals surface area (Å²) >= 11 is 0. The first-order valence-corrected chi connectivity index (χ1v) is 5.88. The number of aldehydes is 1. The predicted molar refractivity (Wildman–Crippen MR) is 66.5 cm³/mol. The molecule has 0 saturated carbocycles. The minimum absolute atomic E-state index is 0.375. The van der Waals surface area contributed by atoms with E-state index in [4.69, 9.17) is 4.74 Å². The SMILES string of the molecule is CCCn1ncnc1COc1ccc(C=O)cc1. The van der Waals surface area contributed by atoms with Gasteiger partial charge in [-0.1, -0.05) is 6.92 Å². The van der Waals surface area contributed by atoms with E-state index in [1.165, 1.54) is 6.33 Å². The molecule has 94 valence electrons. The van der Waals surface area contributed by atoms with Crippen LogP contribution in [-0.2, 0) is 13.2 Å². The molecule has 5 heteroatoms. The van der Waals surface area contributed by atoms with Crippen LogP contribution in [0.1, 0.15) is 29.5 Å². The van der Waals surface area contributed by atoms with Gasteiger partial charge in [-0.15, -0.1) is 0 Å². The molecular formula is C13H15N3O2. The summed E-state index contributed by atoms with van der Waals surface area (Å²) in [5.74, 6) is 1.52. The number of ether oxygens (including phenoxy) is 1. The predicted octanol–water partition coefficient (Wildman–Crippen LogP) is 2.08. The van der Waals surface area contributed by atoms with Gasteiger partial charge in [0.05, 0.1) is 0 Å². The van der Waals surface area contributed by atoms with E-state index in [0.717, 1.165) is 25.1 Å². The maximum atomic E-state index is 10.5. The zero-order valence-electron chi connectivity index (χ0n) is 10.2. The zero-order chi connectivity index (χ0) is 12.8. The number of aromatic nitrogens is 3. The van der Waals surface area contributed by atoms with E-state index in [1.807, 2.05) is 4.68 Å². The lowest BCUT2D eigenvalue weighted by Crippen LogP contribution is -2.08.